The molecule has 1 aliphatic heterocycles. The van der Waals surface area contributed by atoms with Crippen LogP contribution in [0.15, 0.2) is 58.1 Å². The van der Waals surface area contributed by atoms with E-state index >= 15 is 0 Å². The number of nitrogens with zero attached hydrogens (tertiary/aromatic N) is 3. The standard InChI is InChI=1S/C19H13BrF4N4O/c1-28-9-15(19(22,23)24)25-17(28)10-2-4-11(5-3-10)18-26-16(27-29-18)13-8-12(20)6-7-14(13)21/h2-9,18H,1H3,(H,26,27). The highest BCUT2D eigenvalue weighted by Gasteiger charge is 2.34. The smallest absolute Gasteiger partial charge is 0.333 e. The molecule has 0 spiro atoms. The molecule has 0 radical (unpaired) electrons. The Hall–Kier alpha value is -2.72. The van der Waals surface area contributed by atoms with Crippen molar-refractivity contribution in [2.45, 2.75) is 12.4 Å². The van der Waals surface area contributed by atoms with Gasteiger partial charge < -0.3 is 4.57 Å². The van der Waals surface area contributed by atoms with Crippen LogP contribution in [0.25, 0.3) is 11.4 Å². The van der Waals surface area contributed by atoms with Crippen molar-refractivity contribution in [1.29, 1.82) is 0 Å². The van der Waals surface area contributed by atoms with Gasteiger partial charge in [-0.1, -0.05) is 40.2 Å². The number of hydrogen-bond donors (Lipinski definition) is 1. The lowest BCUT2D eigenvalue weighted by atomic mass is 10.1. The summed E-state index contributed by atoms with van der Waals surface area (Å²) in [5.74, 6) is -0.0131. The molecule has 1 aromatic heterocycles. The number of nitrogens with one attached hydrogen (secondary N) is 1. The number of alkyl halides is 3. The highest BCUT2D eigenvalue weighted by molar-refractivity contribution is 9.10. The lowest BCUT2D eigenvalue weighted by molar-refractivity contribution is -0.140. The Morgan fingerprint density at radius 2 is 1.86 bits per heavy atom. The molecule has 29 heavy (non-hydrogen) atoms. The largest absolute Gasteiger partial charge is 0.434 e. The number of rotatable bonds is 3. The minimum absolute atomic E-state index is 0.190. The fourth-order valence-electron chi connectivity index (χ4n) is 2.90. The molecule has 0 aliphatic carbocycles. The van der Waals surface area contributed by atoms with Crippen molar-refractivity contribution >= 4 is 21.8 Å². The third kappa shape index (κ3) is 3.90. The summed E-state index contributed by atoms with van der Waals surface area (Å²) in [6.07, 6.45) is -4.29. The molecule has 5 nitrogen and oxygen atoms in total. The summed E-state index contributed by atoms with van der Waals surface area (Å²) in [7, 11) is 1.50. The van der Waals surface area contributed by atoms with Crippen molar-refractivity contribution < 1.29 is 22.4 Å². The van der Waals surface area contributed by atoms with E-state index in [2.05, 4.69) is 31.4 Å². The SMILES string of the molecule is Cn1cc(C(F)(F)F)nc1-c1ccc(C2N=C(c3cc(Br)ccc3F)NO2)cc1. The molecule has 0 bridgehead atoms. The quantitative estimate of drug-likeness (QED) is 0.551. The van der Waals surface area contributed by atoms with Crippen LogP contribution in [-0.2, 0) is 18.1 Å². The second-order valence-corrected chi connectivity index (χ2v) is 7.27. The van der Waals surface area contributed by atoms with E-state index in [4.69, 9.17) is 4.84 Å². The van der Waals surface area contributed by atoms with Crippen LogP contribution in [0.5, 0.6) is 0 Å². The van der Waals surface area contributed by atoms with Gasteiger partial charge in [0.25, 0.3) is 0 Å². The maximum absolute atomic E-state index is 14.0. The van der Waals surface area contributed by atoms with Gasteiger partial charge in [-0.3, -0.25) is 0 Å². The van der Waals surface area contributed by atoms with Gasteiger partial charge in [0.15, 0.2) is 11.5 Å². The van der Waals surface area contributed by atoms with Gasteiger partial charge in [0, 0.05) is 28.8 Å². The minimum Gasteiger partial charge on any atom is -0.333 e. The summed E-state index contributed by atoms with van der Waals surface area (Å²) in [4.78, 5) is 13.4. The summed E-state index contributed by atoms with van der Waals surface area (Å²) in [6.45, 7) is 0. The molecule has 150 valence electrons. The molecule has 0 amide bonds. The van der Waals surface area contributed by atoms with E-state index in [-0.39, 0.29) is 17.2 Å². The second-order valence-electron chi connectivity index (χ2n) is 6.35. The predicted molar refractivity (Wildman–Crippen MR) is 101 cm³/mol. The maximum Gasteiger partial charge on any atom is 0.434 e. The Kier molecular flexibility index (Phi) is 4.91. The number of aryl methyl sites for hydroxylation is 1. The van der Waals surface area contributed by atoms with Crippen LogP contribution in [0.4, 0.5) is 17.6 Å². The zero-order chi connectivity index (χ0) is 20.8. The van der Waals surface area contributed by atoms with Gasteiger partial charge in [-0.05, 0) is 18.2 Å². The monoisotopic (exact) mass is 468 g/mol. The number of aliphatic imine (C=N–C) groups is 1. The minimum atomic E-state index is -4.51. The summed E-state index contributed by atoms with van der Waals surface area (Å²) < 4.78 is 54.6. The second kappa shape index (κ2) is 7.27. The molecule has 0 fully saturated rings. The summed E-state index contributed by atoms with van der Waals surface area (Å²) in [6, 6.07) is 11.1. The van der Waals surface area contributed by atoms with Crippen molar-refractivity contribution in [3.63, 3.8) is 0 Å². The van der Waals surface area contributed by atoms with Crippen molar-refractivity contribution in [1.82, 2.24) is 15.0 Å². The van der Waals surface area contributed by atoms with Gasteiger partial charge >= 0.3 is 6.18 Å². The molecular formula is C19H13BrF4N4O. The third-order valence-electron chi connectivity index (χ3n) is 4.32. The van der Waals surface area contributed by atoms with E-state index in [0.29, 0.717) is 15.6 Å². The van der Waals surface area contributed by atoms with Crippen molar-refractivity contribution in [2.24, 2.45) is 12.0 Å². The van der Waals surface area contributed by atoms with Crippen molar-refractivity contribution in [3.05, 3.63) is 75.8 Å². The molecule has 1 aliphatic rings. The lowest BCUT2D eigenvalue weighted by Crippen LogP contribution is -2.19. The molecule has 0 saturated carbocycles. The van der Waals surface area contributed by atoms with Crippen LogP contribution in [0, 0.1) is 5.82 Å². The number of amidine groups is 1. The number of imidazole rings is 1. The first-order valence-electron chi connectivity index (χ1n) is 8.38. The Morgan fingerprint density at radius 1 is 1.14 bits per heavy atom. The van der Waals surface area contributed by atoms with Gasteiger partial charge in [-0.15, -0.1) is 0 Å². The highest BCUT2D eigenvalue weighted by Crippen LogP contribution is 2.31. The normalized spacial score (nSPS) is 16.6. The number of benzene rings is 2. The first kappa shape index (κ1) is 19.6. The molecule has 4 rings (SSSR count). The molecule has 2 aromatic carbocycles. The van der Waals surface area contributed by atoms with Gasteiger partial charge in [0.05, 0.1) is 5.56 Å². The topological polar surface area (TPSA) is 51.4 Å². The molecule has 1 unspecified atom stereocenters. The summed E-state index contributed by atoms with van der Waals surface area (Å²) >= 11 is 3.28. The molecule has 10 heteroatoms. The predicted octanol–water partition coefficient (Wildman–Crippen LogP) is 4.99. The van der Waals surface area contributed by atoms with Gasteiger partial charge in [0.2, 0.25) is 6.23 Å². The van der Waals surface area contributed by atoms with Crippen LogP contribution in [-0.4, -0.2) is 15.4 Å². The van der Waals surface area contributed by atoms with Crippen LogP contribution >= 0.6 is 15.9 Å². The van der Waals surface area contributed by atoms with Crippen molar-refractivity contribution in [3.8, 4) is 11.4 Å². The first-order chi connectivity index (χ1) is 13.7. The Morgan fingerprint density at radius 3 is 2.52 bits per heavy atom. The molecule has 1 atom stereocenters. The number of hydrogen-bond acceptors (Lipinski definition) is 4. The molecule has 0 saturated heterocycles. The van der Waals surface area contributed by atoms with Crippen molar-refractivity contribution in [2.75, 3.05) is 0 Å². The van der Waals surface area contributed by atoms with Gasteiger partial charge in [-0.25, -0.2) is 24.7 Å². The number of halogens is 5. The van der Waals surface area contributed by atoms with Gasteiger partial charge in [0.1, 0.15) is 11.6 Å². The van der Waals surface area contributed by atoms with E-state index in [9.17, 15) is 17.6 Å². The molecule has 1 N–H and O–H groups in total. The Balaban J connectivity index is 1.58. The van der Waals surface area contributed by atoms with E-state index in [0.717, 1.165) is 6.20 Å². The van der Waals surface area contributed by atoms with E-state index in [1.54, 1.807) is 36.4 Å². The highest BCUT2D eigenvalue weighted by atomic mass is 79.9. The Labute approximate surface area is 171 Å². The molecule has 3 aromatic rings. The van der Waals surface area contributed by atoms with E-state index in [1.165, 1.54) is 17.7 Å². The van der Waals surface area contributed by atoms with Crippen LogP contribution in [0.3, 0.4) is 0 Å². The fourth-order valence-corrected chi connectivity index (χ4v) is 3.26. The fraction of sp³-hybridized carbons (Fsp3) is 0.158. The average molecular weight is 469 g/mol. The van der Waals surface area contributed by atoms with Crippen LogP contribution in [0.2, 0.25) is 0 Å². The van der Waals surface area contributed by atoms with E-state index in [1.807, 2.05) is 0 Å². The van der Waals surface area contributed by atoms with Crippen LogP contribution < -0.4 is 5.48 Å². The van der Waals surface area contributed by atoms with E-state index < -0.39 is 23.9 Å². The molecule has 2 heterocycles. The lowest BCUT2D eigenvalue weighted by Gasteiger charge is -2.07. The van der Waals surface area contributed by atoms with Crippen LogP contribution in [0.1, 0.15) is 23.0 Å². The van der Waals surface area contributed by atoms with Gasteiger partial charge in [-0.2, -0.15) is 13.2 Å². The summed E-state index contributed by atoms with van der Waals surface area (Å²) in [5.41, 5.74) is 3.08. The Bertz CT molecular complexity index is 1090. The number of hydroxylamine groups is 1. The molecular weight excluding hydrogens is 456 g/mol. The third-order valence-corrected chi connectivity index (χ3v) is 4.81. The maximum atomic E-state index is 14.0. The zero-order valence-electron chi connectivity index (χ0n) is 14.8. The zero-order valence-corrected chi connectivity index (χ0v) is 16.4. The average Bonchev–Trinajstić information content (AvgIpc) is 3.31. The number of aromatic nitrogens is 2. The first-order valence-corrected chi connectivity index (χ1v) is 9.17. The summed E-state index contributed by atoms with van der Waals surface area (Å²) in [5, 5.41) is 0.